The van der Waals surface area contributed by atoms with E-state index in [2.05, 4.69) is 5.10 Å². The molecule has 0 atom stereocenters. The third-order valence-electron chi connectivity index (χ3n) is 5.13. The summed E-state index contributed by atoms with van der Waals surface area (Å²) in [4.78, 5) is 14.7. The van der Waals surface area contributed by atoms with E-state index in [9.17, 15) is 13.2 Å². The van der Waals surface area contributed by atoms with Crippen LogP contribution in [0.1, 0.15) is 25.5 Å². The predicted molar refractivity (Wildman–Crippen MR) is 107 cm³/mol. The second-order valence-corrected chi connectivity index (χ2v) is 9.34. The summed E-state index contributed by atoms with van der Waals surface area (Å²) in [5, 5.41) is 4.72. The van der Waals surface area contributed by atoms with Crippen molar-refractivity contribution in [2.75, 3.05) is 20.1 Å². The number of rotatable bonds is 6. The Hall–Kier alpha value is -1.90. The number of amides is 1. The molecule has 1 saturated heterocycles. The Bertz CT molecular complexity index is 919. The lowest BCUT2D eigenvalue weighted by atomic mass is 9.96. The monoisotopic (exact) mass is 424 g/mol. The number of piperidine rings is 1. The summed E-state index contributed by atoms with van der Waals surface area (Å²) in [5.41, 5.74) is 0.987. The molecular weight excluding hydrogens is 400 g/mol. The van der Waals surface area contributed by atoms with Crippen molar-refractivity contribution in [3.63, 3.8) is 0 Å². The van der Waals surface area contributed by atoms with Crippen LogP contribution in [-0.4, -0.2) is 53.4 Å². The fourth-order valence-electron chi connectivity index (χ4n) is 3.51. The summed E-state index contributed by atoms with van der Waals surface area (Å²) < 4.78 is 28.9. The lowest BCUT2D eigenvalue weighted by molar-refractivity contribution is -0.136. The minimum Gasteiger partial charge on any atom is -0.340 e. The van der Waals surface area contributed by atoms with Crippen LogP contribution in [0.25, 0.3) is 0 Å². The second kappa shape index (κ2) is 8.63. The van der Waals surface area contributed by atoms with Crippen molar-refractivity contribution in [3.8, 4) is 0 Å². The quantitative estimate of drug-likeness (QED) is 0.714. The number of halogens is 1. The molecule has 3 rings (SSSR count). The first-order chi connectivity index (χ1) is 13.3. The van der Waals surface area contributed by atoms with E-state index in [4.69, 9.17) is 11.6 Å². The van der Waals surface area contributed by atoms with Gasteiger partial charge in [-0.15, -0.1) is 0 Å². The third-order valence-corrected chi connectivity index (χ3v) is 7.30. The zero-order valence-corrected chi connectivity index (χ0v) is 17.7. The van der Waals surface area contributed by atoms with Gasteiger partial charge < -0.3 is 4.90 Å². The average Bonchev–Trinajstić information content (AvgIpc) is 3.15. The molecule has 1 amide bonds. The summed E-state index contributed by atoms with van der Waals surface area (Å²) in [6.07, 6.45) is 2.77. The van der Waals surface area contributed by atoms with Gasteiger partial charge in [-0.25, -0.2) is 8.42 Å². The number of hydrogen-bond acceptors (Lipinski definition) is 4. The Balaban J connectivity index is 1.60. The molecule has 7 nitrogen and oxygen atoms in total. The standard InChI is InChI=1S/C19H25ClN4O3S/c1-3-24-17(8-11-21-24)14-22(2)19(25)15-9-12-23(13-10-15)28(26,27)18-6-4-16(20)5-7-18/h4-8,11,15H,3,9-10,12-14H2,1-2H3. The molecule has 0 unspecified atom stereocenters. The molecule has 1 aromatic carbocycles. The van der Waals surface area contributed by atoms with Crippen molar-refractivity contribution in [1.29, 1.82) is 0 Å². The molecule has 0 radical (unpaired) electrons. The normalized spacial score (nSPS) is 16.2. The van der Waals surface area contributed by atoms with E-state index in [0.29, 0.717) is 37.5 Å². The predicted octanol–water partition coefficient (Wildman–Crippen LogP) is 2.62. The number of nitrogens with zero attached hydrogens (tertiary/aromatic N) is 4. The fraction of sp³-hybridized carbons (Fsp3) is 0.474. The molecule has 1 aliphatic heterocycles. The van der Waals surface area contributed by atoms with Crippen LogP contribution in [0.3, 0.4) is 0 Å². The van der Waals surface area contributed by atoms with Gasteiger partial charge in [0.15, 0.2) is 0 Å². The largest absolute Gasteiger partial charge is 0.340 e. The van der Waals surface area contributed by atoms with Gasteiger partial charge in [-0.2, -0.15) is 9.40 Å². The lowest BCUT2D eigenvalue weighted by Gasteiger charge is -2.32. The van der Waals surface area contributed by atoms with E-state index in [1.54, 1.807) is 30.3 Å². The van der Waals surface area contributed by atoms with Gasteiger partial charge in [0.25, 0.3) is 0 Å². The van der Waals surface area contributed by atoms with Gasteiger partial charge >= 0.3 is 0 Å². The number of aryl methyl sites for hydroxylation is 1. The van der Waals surface area contributed by atoms with Crippen molar-refractivity contribution in [2.45, 2.75) is 37.8 Å². The Morgan fingerprint density at radius 3 is 2.46 bits per heavy atom. The highest BCUT2D eigenvalue weighted by Gasteiger charge is 2.33. The maximum atomic E-state index is 12.8. The number of carbonyl (C=O) groups excluding carboxylic acids is 1. The van der Waals surface area contributed by atoms with Crippen molar-refractivity contribution in [2.24, 2.45) is 5.92 Å². The van der Waals surface area contributed by atoms with Crippen molar-refractivity contribution < 1.29 is 13.2 Å². The number of benzene rings is 1. The van der Waals surface area contributed by atoms with Crippen LogP contribution in [0.15, 0.2) is 41.4 Å². The molecule has 2 aromatic rings. The van der Waals surface area contributed by atoms with Crippen LogP contribution in [0.5, 0.6) is 0 Å². The van der Waals surface area contributed by atoms with Crippen LogP contribution < -0.4 is 0 Å². The molecule has 0 aliphatic carbocycles. The fourth-order valence-corrected chi connectivity index (χ4v) is 5.11. The summed E-state index contributed by atoms with van der Waals surface area (Å²) >= 11 is 5.84. The first-order valence-corrected chi connectivity index (χ1v) is 11.2. The van der Waals surface area contributed by atoms with Crippen LogP contribution in [0, 0.1) is 5.92 Å². The number of hydrogen-bond donors (Lipinski definition) is 0. The van der Waals surface area contributed by atoms with E-state index in [1.807, 2.05) is 17.7 Å². The molecule has 1 aromatic heterocycles. The van der Waals surface area contributed by atoms with Gasteiger partial charge in [-0.3, -0.25) is 9.48 Å². The Labute approximate surface area is 170 Å². The summed E-state index contributed by atoms with van der Waals surface area (Å²) in [5.74, 6) is -0.118. The Morgan fingerprint density at radius 2 is 1.86 bits per heavy atom. The molecule has 0 bridgehead atoms. The maximum absolute atomic E-state index is 12.8. The van der Waals surface area contributed by atoms with Crippen molar-refractivity contribution in [3.05, 3.63) is 47.2 Å². The highest BCUT2D eigenvalue weighted by atomic mass is 35.5. The Morgan fingerprint density at radius 1 is 1.21 bits per heavy atom. The third kappa shape index (κ3) is 4.39. The average molecular weight is 425 g/mol. The number of sulfonamides is 1. The zero-order valence-electron chi connectivity index (χ0n) is 16.1. The molecule has 2 heterocycles. The summed E-state index contributed by atoms with van der Waals surface area (Å²) in [6, 6.07) is 8.08. The minimum atomic E-state index is -3.56. The molecule has 0 N–H and O–H groups in total. The smallest absolute Gasteiger partial charge is 0.243 e. The van der Waals surface area contributed by atoms with Crippen molar-refractivity contribution >= 4 is 27.5 Å². The molecule has 1 aliphatic rings. The van der Waals surface area contributed by atoms with Crippen LogP contribution in [0.4, 0.5) is 0 Å². The Kier molecular flexibility index (Phi) is 6.42. The molecule has 28 heavy (non-hydrogen) atoms. The highest BCUT2D eigenvalue weighted by molar-refractivity contribution is 7.89. The number of aromatic nitrogens is 2. The minimum absolute atomic E-state index is 0.0485. The van der Waals surface area contributed by atoms with Crippen LogP contribution in [0.2, 0.25) is 5.02 Å². The highest BCUT2D eigenvalue weighted by Crippen LogP contribution is 2.26. The van der Waals surface area contributed by atoms with Crippen molar-refractivity contribution in [1.82, 2.24) is 19.0 Å². The number of carbonyl (C=O) groups is 1. The molecular formula is C19H25ClN4O3S. The molecule has 0 saturated carbocycles. The van der Waals surface area contributed by atoms with E-state index >= 15 is 0 Å². The molecule has 1 fully saturated rings. The maximum Gasteiger partial charge on any atom is 0.243 e. The van der Waals surface area contributed by atoms with Gasteiger partial charge in [0, 0.05) is 43.8 Å². The lowest BCUT2D eigenvalue weighted by Crippen LogP contribution is -2.43. The SMILES string of the molecule is CCn1nccc1CN(C)C(=O)C1CCN(S(=O)(=O)c2ccc(Cl)cc2)CC1. The van der Waals surface area contributed by atoms with Gasteiger partial charge in [0.1, 0.15) is 0 Å². The molecule has 0 spiro atoms. The van der Waals surface area contributed by atoms with Gasteiger partial charge in [0.2, 0.25) is 15.9 Å². The van der Waals surface area contributed by atoms with E-state index in [1.165, 1.54) is 16.4 Å². The van der Waals surface area contributed by atoms with Gasteiger partial charge in [-0.05, 0) is 50.1 Å². The topological polar surface area (TPSA) is 75.5 Å². The van der Waals surface area contributed by atoms with Crippen LogP contribution >= 0.6 is 11.6 Å². The van der Waals surface area contributed by atoms with Gasteiger partial charge in [0.05, 0.1) is 17.1 Å². The first-order valence-electron chi connectivity index (χ1n) is 9.34. The second-order valence-electron chi connectivity index (χ2n) is 6.96. The van der Waals surface area contributed by atoms with Crippen LogP contribution in [-0.2, 0) is 27.9 Å². The summed E-state index contributed by atoms with van der Waals surface area (Å²) in [6.45, 7) is 3.93. The first kappa shape index (κ1) is 20.8. The van der Waals surface area contributed by atoms with E-state index < -0.39 is 10.0 Å². The van der Waals surface area contributed by atoms with Gasteiger partial charge in [-0.1, -0.05) is 11.6 Å². The van der Waals surface area contributed by atoms with E-state index in [0.717, 1.165) is 12.2 Å². The van der Waals surface area contributed by atoms with E-state index in [-0.39, 0.29) is 16.7 Å². The zero-order chi connectivity index (χ0) is 20.3. The summed E-state index contributed by atoms with van der Waals surface area (Å²) in [7, 11) is -1.78. The molecule has 152 valence electrons. The molecule has 9 heteroatoms.